The third kappa shape index (κ3) is 52.0. The fourth-order valence-corrected chi connectivity index (χ4v) is 8.91. The fourth-order valence-electron chi connectivity index (χ4n) is 8.18. The van der Waals surface area contributed by atoms with Gasteiger partial charge in [-0.2, -0.15) is 0 Å². The Bertz CT molecular complexity index is 1110. The van der Waals surface area contributed by atoms with Crippen LogP contribution in [0, 0.1) is 0 Å². The molecule has 2 atom stereocenters. The molecule has 0 saturated heterocycles. The lowest BCUT2D eigenvalue weighted by atomic mass is 10.0. The molecule has 0 aliphatic rings. The number of carbonyl (C=O) groups excluding carboxylic acids is 2. The second-order valence-electron chi connectivity index (χ2n) is 20.3. The highest BCUT2D eigenvalue weighted by molar-refractivity contribution is 7.45. The minimum Gasteiger partial charge on any atom is -0.756 e. The Morgan fingerprint density at radius 2 is 0.785 bits per heavy atom. The molecule has 0 bridgehead atoms. The Morgan fingerprint density at radius 1 is 0.462 bits per heavy atom. The van der Waals surface area contributed by atoms with Crippen LogP contribution in [0.1, 0.15) is 277 Å². The van der Waals surface area contributed by atoms with Crippen molar-refractivity contribution in [2.45, 2.75) is 283 Å². The van der Waals surface area contributed by atoms with Gasteiger partial charge in [-0.05, 0) is 38.5 Å². The predicted octanol–water partition coefficient (Wildman–Crippen LogP) is 16.2. The van der Waals surface area contributed by atoms with Crippen molar-refractivity contribution in [3.8, 4) is 0 Å². The molecule has 0 saturated carbocycles. The van der Waals surface area contributed by atoms with Crippen LogP contribution in [0.4, 0.5) is 0 Å². The quantitative estimate of drug-likeness (QED) is 0.0195. The maximum absolute atomic E-state index is 12.7. The SMILES string of the molecule is CCCCCC/C=C\CCCCCCCC(=O)OC(COC(=O)CCCCCCCCCCCCCCCCCCCCCCCCCCCCCC)COP(=O)([O-])OCC[N+](C)(C)C. The molecule has 0 aliphatic carbocycles. The van der Waals surface area contributed by atoms with E-state index in [0.29, 0.717) is 17.4 Å². The summed E-state index contributed by atoms with van der Waals surface area (Å²) in [5, 5.41) is 0. The van der Waals surface area contributed by atoms with Gasteiger partial charge in [-0.25, -0.2) is 0 Å². The van der Waals surface area contributed by atoms with Gasteiger partial charge < -0.3 is 27.9 Å². The Hall–Kier alpha value is -1.25. The van der Waals surface area contributed by atoms with E-state index in [4.69, 9.17) is 18.5 Å². The molecule has 0 heterocycles. The summed E-state index contributed by atoms with van der Waals surface area (Å²) in [6.45, 7) is 4.25. The highest BCUT2D eigenvalue weighted by atomic mass is 31.2. The van der Waals surface area contributed by atoms with Crippen LogP contribution in [-0.2, 0) is 32.7 Å². The van der Waals surface area contributed by atoms with E-state index >= 15 is 0 Å². The Morgan fingerprint density at radius 3 is 1.15 bits per heavy atom. The number of phosphoric acid groups is 1. The monoisotopic (exact) mass is 942 g/mol. The predicted molar refractivity (Wildman–Crippen MR) is 273 cm³/mol. The van der Waals surface area contributed by atoms with Crippen LogP contribution in [0.3, 0.4) is 0 Å². The normalized spacial score (nSPS) is 13.4. The molecular weight excluding hydrogens is 834 g/mol. The number of rotatable bonds is 52. The number of hydrogen-bond donors (Lipinski definition) is 0. The molecule has 65 heavy (non-hydrogen) atoms. The van der Waals surface area contributed by atoms with Crippen molar-refractivity contribution >= 4 is 19.8 Å². The van der Waals surface area contributed by atoms with Crippen molar-refractivity contribution < 1.29 is 42.1 Å². The average Bonchev–Trinajstić information content (AvgIpc) is 3.26. The topological polar surface area (TPSA) is 111 Å². The number of phosphoric ester groups is 1. The number of ether oxygens (including phenoxy) is 2. The lowest BCUT2D eigenvalue weighted by Gasteiger charge is -2.28. The number of unbranched alkanes of at least 4 members (excludes halogenated alkanes) is 36. The largest absolute Gasteiger partial charge is 0.756 e. The van der Waals surface area contributed by atoms with Crippen LogP contribution >= 0.6 is 7.82 Å². The van der Waals surface area contributed by atoms with Gasteiger partial charge in [-0.1, -0.05) is 238 Å². The first kappa shape index (κ1) is 63.8. The summed E-state index contributed by atoms with van der Waals surface area (Å²) in [6, 6.07) is 0. The van der Waals surface area contributed by atoms with Crippen LogP contribution in [0.25, 0.3) is 0 Å². The smallest absolute Gasteiger partial charge is 0.306 e. The average molecular weight is 942 g/mol. The van der Waals surface area contributed by atoms with Gasteiger partial charge >= 0.3 is 11.9 Å². The fraction of sp³-hybridized carbons (Fsp3) is 0.927. The zero-order chi connectivity index (χ0) is 47.8. The summed E-state index contributed by atoms with van der Waals surface area (Å²) in [5.74, 6) is -0.829. The summed E-state index contributed by atoms with van der Waals surface area (Å²) in [5.41, 5.74) is 0. The van der Waals surface area contributed by atoms with Crippen molar-refractivity contribution in [3.05, 3.63) is 12.2 Å². The first-order chi connectivity index (χ1) is 31.5. The van der Waals surface area contributed by atoms with Crippen LogP contribution < -0.4 is 4.89 Å². The second kappa shape index (κ2) is 47.8. The second-order valence-corrected chi connectivity index (χ2v) is 21.7. The minimum absolute atomic E-state index is 0.0290. The van der Waals surface area contributed by atoms with Gasteiger partial charge in [-0.3, -0.25) is 14.2 Å². The summed E-state index contributed by atoms with van der Waals surface area (Å²) < 4.78 is 34.0. The summed E-state index contributed by atoms with van der Waals surface area (Å²) in [4.78, 5) is 37.7. The van der Waals surface area contributed by atoms with E-state index in [-0.39, 0.29) is 32.0 Å². The van der Waals surface area contributed by atoms with Gasteiger partial charge in [-0.15, -0.1) is 0 Å². The molecular formula is C55H108NO8P. The molecule has 0 aliphatic heterocycles. The van der Waals surface area contributed by atoms with Crippen LogP contribution in [0.5, 0.6) is 0 Å². The number of esters is 2. The van der Waals surface area contributed by atoms with Crippen molar-refractivity contribution in [1.29, 1.82) is 0 Å². The Balaban J connectivity index is 4.02. The molecule has 9 nitrogen and oxygen atoms in total. The van der Waals surface area contributed by atoms with Crippen molar-refractivity contribution in [2.75, 3.05) is 47.5 Å². The maximum atomic E-state index is 12.7. The lowest BCUT2D eigenvalue weighted by Crippen LogP contribution is -2.37. The van der Waals surface area contributed by atoms with E-state index in [1.807, 2.05) is 21.1 Å². The molecule has 386 valence electrons. The zero-order valence-electron chi connectivity index (χ0n) is 43.7. The van der Waals surface area contributed by atoms with Crippen molar-refractivity contribution in [1.82, 2.24) is 0 Å². The van der Waals surface area contributed by atoms with Gasteiger partial charge in [0.25, 0.3) is 7.82 Å². The van der Waals surface area contributed by atoms with Crippen molar-refractivity contribution in [3.63, 3.8) is 0 Å². The van der Waals surface area contributed by atoms with E-state index in [9.17, 15) is 19.0 Å². The molecule has 0 spiro atoms. The number of likely N-dealkylation sites (N-methyl/N-ethyl adjacent to an activating group) is 1. The maximum Gasteiger partial charge on any atom is 0.306 e. The molecule has 10 heteroatoms. The van der Waals surface area contributed by atoms with Gasteiger partial charge in [0.15, 0.2) is 6.10 Å². The summed E-state index contributed by atoms with van der Waals surface area (Å²) in [6.07, 6.45) is 54.1. The molecule has 0 fully saturated rings. The Labute approximate surface area is 403 Å². The van der Waals surface area contributed by atoms with Gasteiger partial charge in [0, 0.05) is 12.8 Å². The van der Waals surface area contributed by atoms with Gasteiger partial charge in [0.1, 0.15) is 19.8 Å². The number of carbonyl (C=O) groups is 2. The highest BCUT2D eigenvalue weighted by Gasteiger charge is 2.22. The molecule has 2 unspecified atom stereocenters. The lowest BCUT2D eigenvalue weighted by molar-refractivity contribution is -0.870. The number of nitrogens with zero attached hydrogens (tertiary/aromatic N) is 1. The third-order valence-electron chi connectivity index (χ3n) is 12.5. The first-order valence-electron chi connectivity index (χ1n) is 27.9. The molecule has 0 aromatic carbocycles. The van der Waals surface area contributed by atoms with Gasteiger partial charge in [0.2, 0.25) is 0 Å². The van der Waals surface area contributed by atoms with Gasteiger partial charge in [0.05, 0.1) is 27.7 Å². The number of quaternary nitrogens is 1. The first-order valence-corrected chi connectivity index (χ1v) is 29.4. The summed E-state index contributed by atoms with van der Waals surface area (Å²) in [7, 11) is 1.17. The number of hydrogen-bond acceptors (Lipinski definition) is 8. The molecule has 0 N–H and O–H groups in total. The van der Waals surface area contributed by atoms with E-state index in [1.54, 1.807) is 0 Å². The summed E-state index contributed by atoms with van der Waals surface area (Å²) >= 11 is 0. The highest BCUT2D eigenvalue weighted by Crippen LogP contribution is 2.38. The number of allylic oxidation sites excluding steroid dienone is 2. The minimum atomic E-state index is -4.63. The Kier molecular flexibility index (Phi) is 46.9. The van der Waals surface area contributed by atoms with E-state index < -0.39 is 26.5 Å². The molecule has 0 aromatic rings. The van der Waals surface area contributed by atoms with E-state index in [0.717, 1.165) is 51.4 Å². The molecule has 0 radical (unpaired) electrons. The van der Waals surface area contributed by atoms with Crippen LogP contribution in [0.15, 0.2) is 12.2 Å². The van der Waals surface area contributed by atoms with E-state index in [2.05, 4.69) is 26.0 Å². The molecule has 0 amide bonds. The van der Waals surface area contributed by atoms with E-state index in [1.165, 1.54) is 193 Å². The van der Waals surface area contributed by atoms with Crippen molar-refractivity contribution in [2.24, 2.45) is 0 Å². The standard InChI is InChI=1S/C55H108NO8P/c1-6-8-10-12-14-16-18-20-21-22-23-24-25-26-27-28-29-30-31-32-33-34-36-37-39-41-43-45-47-54(57)61-51-53(52-63-65(59,60)62-50-49-56(3,4)5)64-55(58)48-46-44-42-40-38-35-19-17-15-13-11-9-7-2/h17,19,53H,6-16,18,20-52H2,1-5H3/b19-17-. The molecule has 0 rings (SSSR count). The zero-order valence-corrected chi connectivity index (χ0v) is 44.6. The third-order valence-corrected chi connectivity index (χ3v) is 13.5. The van der Waals surface area contributed by atoms with Crippen LogP contribution in [-0.4, -0.2) is 70.0 Å². The molecule has 0 aromatic heterocycles. The van der Waals surface area contributed by atoms with Crippen LogP contribution in [0.2, 0.25) is 0 Å².